The van der Waals surface area contributed by atoms with Gasteiger partial charge in [0.1, 0.15) is 5.69 Å². The fraction of sp³-hybridized carbons (Fsp3) is 0.467. The zero-order valence-corrected chi connectivity index (χ0v) is 14.5. The molecule has 0 saturated carbocycles. The van der Waals surface area contributed by atoms with E-state index in [-0.39, 0.29) is 29.0 Å². The predicted octanol–water partition coefficient (Wildman–Crippen LogP) is 2.88. The van der Waals surface area contributed by atoms with Gasteiger partial charge >= 0.3 is 5.69 Å². The lowest BCUT2D eigenvalue weighted by Gasteiger charge is -2.24. The minimum absolute atomic E-state index is 0.0514. The molecule has 0 aliphatic rings. The van der Waals surface area contributed by atoms with Gasteiger partial charge in [0.15, 0.2) is 0 Å². The summed E-state index contributed by atoms with van der Waals surface area (Å²) in [4.78, 5) is 26.3. The van der Waals surface area contributed by atoms with Crippen LogP contribution in [0.25, 0.3) is 0 Å². The summed E-state index contributed by atoms with van der Waals surface area (Å²) in [7, 11) is 1.67. The first-order valence-electron chi connectivity index (χ1n) is 7.38. The van der Waals surface area contributed by atoms with E-state index in [4.69, 9.17) is 0 Å². The molecule has 0 N–H and O–H groups in total. The van der Waals surface area contributed by atoms with Gasteiger partial charge in [0.2, 0.25) is 5.69 Å². The molecule has 0 radical (unpaired) electrons. The largest absolute Gasteiger partial charge is 0.337 e. The third kappa shape index (κ3) is 3.42. The molecule has 1 atom stereocenters. The molecule has 0 aliphatic heterocycles. The zero-order chi connectivity index (χ0) is 17.1. The van der Waals surface area contributed by atoms with Crippen molar-refractivity contribution in [1.29, 1.82) is 0 Å². The van der Waals surface area contributed by atoms with E-state index in [2.05, 4.69) is 5.10 Å². The van der Waals surface area contributed by atoms with Gasteiger partial charge in [-0.25, -0.2) is 0 Å². The molecule has 2 aromatic heterocycles. The van der Waals surface area contributed by atoms with E-state index in [0.717, 1.165) is 0 Å². The van der Waals surface area contributed by atoms with Crippen molar-refractivity contribution in [2.75, 3.05) is 7.05 Å². The number of nitrogens with zero attached hydrogens (tertiary/aromatic N) is 4. The van der Waals surface area contributed by atoms with Gasteiger partial charge in [0, 0.05) is 30.9 Å². The summed E-state index contributed by atoms with van der Waals surface area (Å²) >= 11 is 1.63. The third-order valence-electron chi connectivity index (χ3n) is 3.84. The van der Waals surface area contributed by atoms with Crippen LogP contribution in [0.5, 0.6) is 0 Å². The SMILES string of the molecule is CCn1nc(C)c([N+](=O)[O-])c1C(=O)N(C)[C@H](C)Cc1cccs1. The topological polar surface area (TPSA) is 81.3 Å². The van der Waals surface area contributed by atoms with Crippen LogP contribution in [0.3, 0.4) is 0 Å². The van der Waals surface area contributed by atoms with Crippen molar-refractivity contribution >= 4 is 22.9 Å². The predicted molar refractivity (Wildman–Crippen MR) is 88.9 cm³/mol. The van der Waals surface area contributed by atoms with Gasteiger partial charge in [0.05, 0.1) is 4.92 Å². The molecule has 8 heteroatoms. The molecule has 1 amide bonds. The smallest absolute Gasteiger partial charge is 0.322 e. The number of nitro groups is 1. The minimum atomic E-state index is -0.528. The zero-order valence-electron chi connectivity index (χ0n) is 13.6. The summed E-state index contributed by atoms with van der Waals surface area (Å²) in [6.07, 6.45) is 0.715. The Morgan fingerprint density at radius 1 is 1.57 bits per heavy atom. The molecule has 0 unspecified atom stereocenters. The molecule has 2 aromatic rings. The lowest BCUT2D eigenvalue weighted by molar-refractivity contribution is -0.385. The molecular formula is C15H20N4O3S. The van der Waals surface area contributed by atoms with Crippen LogP contribution in [0.1, 0.15) is 34.9 Å². The summed E-state index contributed by atoms with van der Waals surface area (Å²) in [6, 6.07) is 3.92. The highest BCUT2D eigenvalue weighted by Crippen LogP contribution is 2.25. The standard InChI is InChI=1S/C15H20N4O3S/c1-5-18-14(13(19(21)22)11(3)16-18)15(20)17(4)10(2)9-12-7-6-8-23-12/h6-8,10H,5,9H2,1-4H3/t10-/m1/s1. The number of rotatable bonds is 6. The monoisotopic (exact) mass is 336 g/mol. The average molecular weight is 336 g/mol. The first-order valence-corrected chi connectivity index (χ1v) is 8.26. The van der Waals surface area contributed by atoms with Crippen LogP contribution < -0.4 is 0 Å². The van der Waals surface area contributed by atoms with Crippen molar-refractivity contribution in [1.82, 2.24) is 14.7 Å². The molecule has 23 heavy (non-hydrogen) atoms. The molecule has 0 spiro atoms. The van der Waals surface area contributed by atoms with Gasteiger partial charge in [-0.3, -0.25) is 19.6 Å². The second kappa shape index (κ2) is 6.91. The average Bonchev–Trinajstić information content (AvgIpc) is 3.12. The van der Waals surface area contributed by atoms with Gasteiger partial charge < -0.3 is 4.90 Å². The van der Waals surface area contributed by atoms with Gasteiger partial charge in [-0.2, -0.15) is 5.10 Å². The second-order valence-electron chi connectivity index (χ2n) is 5.40. The van der Waals surface area contributed by atoms with E-state index in [9.17, 15) is 14.9 Å². The Labute approximate surface area is 138 Å². The van der Waals surface area contributed by atoms with E-state index in [1.165, 1.54) is 9.56 Å². The van der Waals surface area contributed by atoms with Crippen LogP contribution in [0.15, 0.2) is 17.5 Å². The number of thiophene rings is 1. The quantitative estimate of drug-likeness (QED) is 0.600. The molecule has 124 valence electrons. The van der Waals surface area contributed by atoms with E-state index in [0.29, 0.717) is 13.0 Å². The first-order chi connectivity index (χ1) is 10.9. The van der Waals surface area contributed by atoms with Gasteiger partial charge in [0.25, 0.3) is 5.91 Å². The molecule has 0 aliphatic carbocycles. The van der Waals surface area contributed by atoms with Gasteiger partial charge in [-0.05, 0) is 32.2 Å². The van der Waals surface area contributed by atoms with Crippen molar-refractivity contribution in [2.45, 2.75) is 39.8 Å². The summed E-state index contributed by atoms with van der Waals surface area (Å²) in [5, 5.41) is 17.4. The highest BCUT2D eigenvalue weighted by atomic mass is 32.1. The van der Waals surface area contributed by atoms with Crippen LogP contribution in [0.4, 0.5) is 5.69 Å². The normalized spacial score (nSPS) is 12.2. The van der Waals surface area contributed by atoms with Crippen molar-refractivity contribution in [3.05, 3.63) is 43.9 Å². The van der Waals surface area contributed by atoms with Crippen molar-refractivity contribution in [3.8, 4) is 0 Å². The van der Waals surface area contributed by atoms with Gasteiger partial charge in [-0.1, -0.05) is 6.07 Å². The van der Waals surface area contributed by atoms with Crippen molar-refractivity contribution in [3.63, 3.8) is 0 Å². The number of carbonyl (C=O) groups is 1. The summed E-state index contributed by atoms with van der Waals surface area (Å²) in [5.41, 5.74) is 0.113. The van der Waals surface area contributed by atoms with Gasteiger partial charge in [-0.15, -0.1) is 11.3 Å². The molecule has 0 fully saturated rings. The Kier molecular flexibility index (Phi) is 5.15. The number of hydrogen-bond donors (Lipinski definition) is 0. The van der Waals surface area contributed by atoms with E-state index < -0.39 is 4.92 Å². The van der Waals surface area contributed by atoms with Crippen LogP contribution in [-0.2, 0) is 13.0 Å². The lowest BCUT2D eigenvalue weighted by Crippen LogP contribution is -2.37. The Hall–Kier alpha value is -2.22. The van der Waals surface area contributed by atoms with E-state index in [1.807, 2.05) is 31.4 Å². The van der Waals surface area contributed by atoms with Crippen LogP contribution in [-0.4, -0.2) is 38.6 Å². The summed E-state index contributed by atoms with van der Waals surface area (Å²) in [5.74, 6) is -0.372. The Balaban J connectivity index is 2.30. The minimum Gasteiger partial charge on any atom is -0.337 e. The molecule has 0 bridgehead atoms. The third-order valence-corrected chi connectivity index (χ3v) is 4.74. The lowest BCUT2D eigenvalue weighted by atomic mass is 10.1. The number of likely N-dealkylation sites (N-methyl/N-ethyl adjacent to an activating group) is 1. The molecule has 0 aromatic carbocycles. The van der Waals surface area contributed by atoms with E-state index >= 15 is 0 Å². The summed E-state index contributed by atoms with van der Waals surface area (Å²) in [6.45, 7) is 5.70. The Morgan fingerprint density at radius 2 is 2.26 bits per heavy atom. The molecular weight excluding hydrogens is 316 g/mol. The number of amides is 1. The Morgan fingerprint density at radius 3 is 2.78 bits per heavy atom. The molecule has 2 heterocycles. The summed E-state index contributed by atoms with van der Waals surface area (Å²) < 4.78 is 1.41. The maximum Gasteiger partial charge on any atom is 0.322 e. The van der Waals surface area contributed by atoms with Crippen molar-refractivity contribution < 1.29 is 9.72 Å². The molecule has 7 nitrogen and oxygen atoms in total. The maximum absolute atomic E-state index is 12.8. The number of aryl methyl sites for hydroxylation is 2. The van der Waals surface area contributed by atoms with E-state index in [1.54, 1.807) is 30.2 Å². The number of aromatic nitrogens is 2. The van der Waals surface area contributed by atoms with Crippen LogP contribution in [0.2, 0.25) is 0 Å². The first kappa shape index (κ1) is 17.1. The number of carbonyl (C=O) groups excluding carboxylic acids is 1. The van der Waals surface area contributed by atoms with Crippen LogP contribution in [0, 0.1) is 17.0 Å². The highest BCUT2D eigenvalue weighted by Gasteiger charge is 2.33. The molecule has 2 rings (SSSR count). The fourth-order valence-electron chi connectivity index (χ4n) is 2.46. The fourth-order valence-corrected chi connectivity index (χ4v) is 3.28. The van der Waals surface area contributed by atoms with Crippen molar-refractivity contribution in [2.24, 2.45) is 0 Å². The highest BCUT2D eigenvalue weighted by molar-refractivity contribution is 7.09. The Bertz CT molecular complexity index is 709. The molecule has 0 saturated heterocycles. The van der Waals surface area contributed by atoms with Crippen LogP contribution >= 0.6 is 11.3 Å². The number of hydrogen-bond acceptors (Lipinski definition) is 5. The maximum atomic E-state index is 12.8. The second-order valence-corrected chi connectivity index (χ2v) is 6.44.